The van der Waals surface area contributed by atoms with E-state index in [-0.39, 0.29) is 17.4 Å². The second kappa shape index (κ2) is 5.34. The summed E-state index contributed by atoms with van der Waals surface area (Å²) in [6, 6.07) is 0. The van der Waals surface area contributed by atoms with Crippen LogP contribution in [0.3, 0.4) is 0 Å². The van der Waals surface area contributed by atoms with Crippen LogP contribution < -0.4 is 0 Å². The van der Waals surface area contributed by atoms with Gasteiger partial charge in [0, 0.05) is 17.7 Å². The van der Waals surface area contributed by atoms with Gasteiger partial charge in [-0.3, -0.25) is 14.5 Å². The molecule has 3 nitrogen and oxygen atoms in total. The van der Waals surface area contributed by atoms with Gasteiger partial charge >= 0.3 is 0 Å². The summed E-state index contributed by atoms with van der Waals surface area (Å²) in [6.45, 7) is 5.73. The largest absolute Gasteiger partial charge is 0.275 e. The zero-order chi connectivity index (χ0) is 12.5. The van der Waals surface area contributed by atoms with E-state index >= 15 is 0 Å². The first-order valence-electron chi connectivity index (χ1n) is 5.18. The summed E-state index contributed by atoms with van der Waals surface area (Å²) >= 11 is 11.7. The van der Waals surface area contributed by atoms with E-state index in [2.05, 4.69) is 0 Å². The van der Waals surface area contributed by atoms with Crippen LogP contribution in [-0.4, -0.2) is 30.7 Å². The molecule has 0 spiro atoms. The number of hydrogen-bond donors (Lipinski definition) is 0. The third kappa shape index (κ3) is 2.67. The number of hydrogen-bond acceptors (Lipinski definition) is 2. The molecule has 0 saturated heterocycles. The minimum absolute atomic E-state index is 0.183. The topological polar surface area (TPSA) is 37.4 Å². The summed E-state index contributed by atoms with van der Waals surface area (Å²) in [7, 11) is -1.72. The lowest BCUT2D eigenvalue weighted by Gasteiger charge is -2.17. The molecule has 0 aromatic heterocycles. The average molecular weight is 280 g/mol. The van der Waals surface area contributed by atoms with Crippen molar-refractivity contribution in [3.05, 3.63) is 11.1 Å². The van der Waals surface area contributed by atoms with Gasteiger partial charge in [-0.15, -0.1) is 0 Å². The predicted molar refractivity (Wildman–Crippen MR) is 68.0 cm³/mol. The van der Waals surface area contributed by atoms with Crippen LogP contribution in [0.2, 0.25) is 5.54 Å². The van der Waals surface area contributed by atoms with E-state index in [1.54, 1.807) is 13.8 Å². The Morgan fingerprint density at radius 1 is 1.19 bits per heavy atom. The van der Waals surface area contributed by atoms with Crippen molar-refractivity contribution in [1.82, 2.24) is 4.90 Å². The number of imide groups is 1. The van der Waals surface area contributed by atoms with Gasteiger partial charge in [0.1, 0.15) is 0 Å². The number of rotatable bonds is 4. The minimum atomic E-state index is -1.72. The first-order chi connectivity index (χ1) is 7.36. The highest BCUT2D eigenvalue weighted by Gasteiger charge is 2.33. The molecule has 0 bridgehead atoms. The van der Waals surface area contributed by atoms with Crippen molar-refractivity contribution in [2.24, 2.45) is 0 Å². The van der Waals surface area contributed by atoms with E-state index in [9.17, 15) is 9.59 Å². The summed E-state index contributed by atoms with van der Waals surface area (Å²) in [6.07, 6.45) is 0.682. The van der Waals surface area contributed by atoms with Crippen molar-refractivity contribution in [2.45, 2.75) is 32.7 Å². The lowest BCUT2D eigenvalue weighted by Crippen LogP contribution is -2.33. The summed E-state index contributed by atoms with van der Waals surface area (Å²) in [4.78, 5) is 24.7. The Bertz CT molecular complexity index is 331. The van der Waals surface area contributed by atoms with Gasteiger partial charge in [0.15, 0.2) is 0 Å². The van der Waals surface area contributed by atoms with Gasteiger partial charge in [-0.2, -0.15) is 22.2 Å². The van der Waals surface area contributed by atoms with Crippen molar-refractivity contribution in [2.75, 3.05) is 6.54 Å². The molecule has 0 aromatic carbocycles. The predicted octanol–water partition coefficient (Wildman–Crippen LogP) is 2.17. The number of nitrogens with zero attached hydrogens (tertiary/aromatic N) is 1. The van der Waals surface area contributed by atoms with Crippen LogP contribution >= 0.6 is 22.2 Å². The smallest absolute Gasteiger partial charge is 0.256 e. The van der Waals surface area contributed by atoms with E-state index in [1.165, 1.54) is 4.90 Å². The van der Waals surface area contributed by atoms with E-state index in [4.69, 9.17) is 22.2 Å². The van der Waals surface area contributed by atoms with Gasteiger partial charge < -0.3 is 0 Å². The Morgan fingerprint density at radius 2 is 1.62 bits per heavy atom. The maximum atomic E-state index is 11.7. The van der Waals surface area contributed by atoms with Crippen LogP contribution in [0.1, 0.15) is 27.2 Å². The zero-order valence-electron chi connectivity index (χ0n) is 9.59. The molecule has 0 N–H and O–H groups in total. The SMILES string of the molecule is CC1=C(C)C(=O)N(CCC(C)[SiH](Cl)Cl)C1=O. The highest BCUT2D eigenvalue weighted by molar-refractivity contribution is 7.34. The highest BCUT2D eigenvalue weighted by Crippen LogP contribution is 2.24. The molecule has 1 rings (SSSR count). The third-order valence-corrected chi connectivity index (χ3v) is 6.71. The monoisotopic (exact) mass is 279 g/mol. The van der Waals surface area contributed by atoms with Crippen molar-refractivity contribution >= 4 is 41.4 Å². The molecule has 1 heterocycles. The van der Waals surface area contributed by atoms with Gasteiger partial charge in [-0.25, -0.2) is 0 Å². The Kier molecular flexibility index (Phi) is 4.58. The molecule has 0 saturated carbocycles. The molecule has 0 radical (unpaired) electrons. The van der Waals surface area contributed by atoms with Crippen molar-refractivity contribution in [3.8, 4) is 0 Å². The molecule has 0 fully saturated rings. The van der Waals surface area contributed by atoms with E-state index in [0.29, 0.717) is 24.1 Å². The Morgan fingerprint density at radius 3 is 2.00 bits per heavy atom. The van der Waals surface area contributed by atoms with Crippen LogP contribution in [0.4, 0.5) is 0 Å². The molecule has 1 unspecified atom stereocenters. The average Bonchev–Trinajstić information content (AvgIpc) is 2.41. The maximum absolute atomic E-state index is 11.7. The van der Waals surface area contributed by atoms with Crippen LogP contribution in [0.15, 0.2) is 11.1 Å². The molecule has 90 valence electrons. The Hall–Kier alpha value is -0.323. The molecule has 0 aliphatic carbocycles. The zero-order valence-corrected chi connectivity index (χ0v) is 12.3. The fourth-order valence-electron chi connectivity index (χ4n) is 1.48. The summed E-state index contributed by atoms with van der Waals surface area (Å²) in [5, 5.41) is 0. The maximum Gasteiger partial charge on any atom is 0.256 e. The number of carbonyl (C=O) groups is 2. The first-order valence-corrected chi connectivity index (χ1v) is 9.34. The summed E-state index contributed by atoms with van der Waals surface area (Å²) < 4.78 is 0. The Balaban J connectivity index is 2.59. The molecule has 0 aromatic rings. The van der Waals surface area contributed by atoms with Crippen LogP contribution in [0, 0.1) is 0 Å². The quantitative estimate of drug-likeness (QED) is 0.449. The molecule has 2 amide bonds. The van der Waals surface area contributed by atoms with Gasteiger partial charge in [-0.1, -0.05) is 6.92 Å². The van der Waals surface area contributed by atoms with Gasteiger partial charge in [0.2, 0.25) is 7.42 Å². The standard InChI is InChI=1S/C10H15Cl2NO2Si/c1-6(16(11)12)4-5-13-9(14)7(2)8(3)10(13)15/h6,16H,4-5H2,1-3H3. The van der Waals surface area contributed by atoms with Gasteiger partial charge in [-0.05, 0) is 25.8 Å². The minimum Gasteiger partial charge on any atom is -0.275 e. The second-order valence-corrected chi connectivity index (χ2v) is 9.41. The highest BCUT2D eigenvalue weighted by atomic mass is 35.7. The van der Waals surface area contributed by atoms with E-state index in [1.807, 2.05) is 6.92 Å². The normalized spacial score (nSPS) is 19.0. The fourth-order valence-corrected chi connectivity index (χ4v) is 2.64. The molecule has 1 aliphatic heterocycles. The Labute approximate surface area is 106 Å². The van der Waals surface area contributed by atoms with E-state index in [0.717, 1.165) is 0 Å². The first kappa shape index (κ1) is 13.7. The van der Waals surface area contributed by atoms with Gasteiger partial charge in [0.05, 0.1) is 0 Å². The third-order valence-electron chi connectivity index (χ3n) is 2.93. The molecule has 6 heteroatoms. The molecule has 1 aliphatic rings. The fraction of sp³-hybridized carbons (Fsp3) is 0.600. The molecule has 1 atom stereocenters. The summed E-state index contributed by atoms with van der Waals surface area (Å²) in [5.41, 5.74) is 1.29. The van der Waals surface area contributed by atoms with E-state index < -0.39 is 7.42 Å². The van der Waals surface area contributed by atoms with Crippen LogP contribution in [-0.2, 0) is 9.59 Å². The lowest BCUT2D eigenvalue weighted by atomic mass is 10.2. The molecular weight excluding hydrogens is 265 g/mol. The molecule has 16 heavy (non-hydrogen) atoms. The lowest BCUT2D eigenvalue weighted by molar-refractivity contribution is -0.137. The number of carbonyl (C=O) groups excluding carboxylic acids is 2. The van der Waals surface area contributed by atoms with Gasteiger partial charge in [0.25, 0.3) is 11.8 Å². The molecular formula is C10H15Cl2NO2Si. The van der Waals surface area contributed by atoms with Crippen LogP contribution in [0.25, 0.3) is 0 Å². The van der Waals surface area contributed by atoms with Crippen LogP contribution in [0.5, 0.6) is 0 Å². The summed E-state index contributed by atoms with van der Waals surface area (Å²) in [5.74, 6) is -0.367. The van der Waals surface area contributed by atoms with Crippen molar-refractivity contribution in [1.29, 1.82) is 0 Å². The van der Waals surface area contributed by atoms with Crippen molar-refractivity contribution < 1.29 is 9.59 Å². The number of halogens is 2. The number of amides is 2. The second-order valence-electron chi connectivity index (χ2n) is 4.11. The van der Waals surface area contributed by atoms with Crippen molar-refractivity contribution in [3.63, 3.8) is 0 Å².